The van der Waals surface area contributed by atoms with Gasteiger partial charge in [0.15, 0.2) is 5.65 Å². The number of benzene rings is 2. The largest absolute Gasteiger partial charge is 0.488 e. The zero-order chi connectivity index (χ0) is 31.5. The van der Waals surface area contributed by atoms with E-state index in [1.54, 1.807) is 46.0 Å². The van der Waals surface area contributed by atoms with Crippen molar-refractivity contribution in [1.82, 2.24) is 28.8 Å². The molecule has 4 heterocycles. The maximum absolute atomic E-state index is 13.8. The van der Waals surface area contributed by atoms with Crippen molar-refractivity contribution >= 4 is 46.1 Å². The summed E-state index contributed by atoms with van der Waals surface area (Å²) in [6.45, 7) is 10.7. The summed E-state index contributed by atoms with van der Waals surface area (Å²) in [4.78, 5) is 42.2. The number of aromatic nitrogens is 5. The van der Waals surface area contributed by atoms with Gasteiger partial charge in [0.05, 0.1) is 5.69 Å². The van der Waals surface area contributed by atoms with Crippen LogP contribution in [0.5, 0.6) is 5.75 Å². The summed E-state index contributed by atoms with van der Waals surface area (Å²) in [6, 6.07) is 11.4. The molecular formula is C33H32ClN7O4. The summed E-state index contributed by atoms with van der Waals surface area (Å²) in [5.41, 5.74) is 2.96. The molecule has 2 aromatic carbocycles. The second-order valence-corrected chi connectivity index (χ2v) is 12.8. The van der Waals surface area contributed by atoms with Gasteiger partial charge < -0.3 is 19.7 Å². The molecule has 1 fully saturated rings. The maximum atomic E-state index is 13.8. The number of nitrogens with zero attached hydrogens (tertiary/aromatic N) is 6. The molecule has 5 aromatic rings. The van der Waals surface area contributed by atoms with Gasteiger partial charge in [-0.1, -0.05) is 36.4 Å². The standard InChI is InChI=1S/C33H32ClN7O4/c1-5-15-44-25-8-6-7-24(26(25)34)41-28(42)22-17-36-29(38-27(22)40-14-13-35-30(40)41)37-21-9-10-23-20(16-21)18-39(19-33(23)11-12-33)31(43)45-32(2,3)4/h5-10,13-14,16-17H,1,11-12,15,18-19H2,2-4H3,(H,36,37,38). The highest BCUT2D eigenvalue weighted by atomic mass is 35.5. The second kappa shape index (κ2) is 10.6. The molecule has 7 rings (SSSR count). The highest BCUT2D eigenvalue weighted by Crippen LogP contribution is 2.53. The molecule has 3 aromatic heterocycles. The van der Waals surface area contributed by atoms with E-state index in [-0.39, 0.29) is 34.1 Å². The van der Waals surface area contributed by atoms with Crippen LogP contribution >= 0.6 is 11.6 Å². The topological polar surface area (TPSA) is 116 Å². The fourth-order valence-electron chi connectivity index (χ4n) is 5.95. The normalized spacial score (nSPS) is 15.2. The van der Waals surface area contributed by atoms with Crippen molar-refractivity contribution in [1.29, 1.82) is 0 Å². The van der Waals surface area contributed by atoms with E-state index in [1.165, 1.54) is 16.3 Å². The summed E-state index contributed by atoms with van der Waals surface area (Å²) in [5, 5.41) is 3.85. The van der Waals surface area contributed by atoms with Gasteiger partial charge in [0, 0.05) is 42.8 Å². The first kappa shape index (κ1) is 28.8. The number of carbonyl (C=O) groups is 1. The highest BCUT2D eigenvalue weighted by Gasteiger charge is 2.50. The van der Waals surface area contributed by atoms with Gasteiger partial charge in [-0.2, -0.15) is 4.98 Å². The molecule has 45 heavy (non-hydrogen) atoms. The molecule has 1 spiro atoms. The lowest BCUT2D eigenvalue weighted by molar-refractivity contribution is 0.0197. The second-order valence-electron chi connectivity index (χ2n) is 12.5. The number of fused-ring (bicyclic) bond motifs is 5. The number of halogens is 1. The molecule has 0 atom stereocenters. The number of imidazole rings is 1. The number of rotatable bonds is 6. The predicted octanol–water partition coefficient (Wildman–Crippen LogP) is 6.17. The molecule has 1 saturated carbocycles. The molecule has 12 heteroatoms. The summed E-state index contributed by atoms with van der Waals surface area (Å²) < 4.78 is 14.5. The number of nitrogens with one attached hydrogen (secondary N) is 1. The van der Waals surface area contributed by atoms with Crippen LogP contribution in [0.15, 0.2) is 72.4 Å². The molecule has 1 aliphatic heterocycles. The molecular weight excluding hydrogens is 594 g/mol. The van der Waals surface area contributed by atoms with Gasteiger partial charge in [-0.15, -0.1) is 0 Å². The number of hydrogen-bond acceptors (Lipinski definition) is 8. The Bertz CT molecular complexity index is 2060. The summed E-state index contributed by atoms with van der Waals surface area (Å²) in [6.07, 6.45) is 8.22. The molecule has 0 radical (unpaired) electrons. The summed E-state index contributed by atoms with van der Waals surface area (Å²) >= 11 is 6.69. The first-order valence-electron chi connectivity index (χ1n) is 14.7. The maximum Gasteiger partial charge on any atom is 0.410 e. The Labute approximate surface area is 264 Å². The predicted molar refractivity (Wildman–Crippen MR) is 172 cm³/mol. The molecule has 0 unspecified atom stereocenters. The molecule has 1 aliphatic carbocycles. The Morgan fingerprint density at radius 1 is 1.20 bits per heavy atom. The number of carbonyl (C=O) groups excluding carboxylic acids is 1. The van der Waals surface area contributed by atoms with Gasteiger partial charge in [0.1, 0.15) is 28.4 Å². The van der Waals surface area contributed by atoms with Gasteiger partial charge in [-0.05, 0) is 69.0 Å². The molecule has 1 amide bonds. The van der Waals surface area contributed by atoms with E-state index in [0.29, 0.717) is 41.9 Å². The van der Waals surface area contributed by atoms with Gasteiger partial charge in [-0.25, -0.2) is 19.3 Å². The number of amides is 1. The van der Waals surface area contributed by atoms with Crippen molar-refractivity contribution in [2.75, 3.05) is 18.5 Å². The Morgan fingerprint density at radius 3 is 2.78 bits per heavy atom. The lowest BCUT2D eigenvalue weighted by Gasteiger charge is -2.36. The van der Waals surface area contributed by atoms with Crippen LogP contribution in [0, 0.1) is 0 Å². The Balaban J connectivity index is 1.23. The van der Waals surface area contributed by atoms with Gasteiger partial charge in [0.25, 0.3) is 5.56 Å². The minimum Gasteiger partial charge on any atom is -0.488 e. The van der Waals surface area contributed by atoms with Crippen LogP contribution in [0.4, 0.5) is 16.4 Å². The lowest BCUT2D eigenvalue weighted by atomic mass is 9.87. The minimum atomic E-state index is -0.565. The fourth-order valence-corrected chi connectivity index (χ4v) is 6.21. The van der Waals surface area contributed by atoms with Crippen molar-refractivity contribution in [3.8, 4) is 11.4 Å². The van der Waals surface area contributed by atoms with E-state index in [9.17, 15) is 9.59 Å². The van der Waals surface area contributed by atoms with Crippen LogP contribution in [-0.2, 0) is 16.7 Å². The van der Waals surface area contributed by atoms with Crippen molar-refractivity contribution in [2.24, 2.45) is 0 Å². The van der Waals surface area contributed by atoms with Crippen LogP contribution in [-0.4, -0.2) is 53.7 Å². The first-order valence-corrected chi connectivity index (χ1v) is 15.1. The number of ether oxygens (including phenoxy) is 2. The van der Waals surface area contributed by atoms with E-state index in [1.807, 2.05) is 32.9 Å². The minimum absolute atomic E-state index is 0.0183. The van der Waals surface area contributed by atoms with Crippen molar-refractivity contribution < 1.29 is 14.3 Å². The van der Waals surface area contributed by atoms with Crippen molar-refractivity contribution in [2.45, 2.75) is 51.2 Å². The van der Waals surface area contributed by atoms with E-state index in [2.05, 4.69) is 27.9 Å². The van der Waals surface area contributed by atoms with E-state index < -0.39 is 5.60 Å². The van der Waals surface area contributed by atoms with Crippen molar-refractivity contribution in [3.63, 3.8) is 0 Å². The Hall–Kier alpha value is -4.90. The van der Waals surface area contributed by atoms with Crippen LogP contribution in [0.25, 0.3) is 22.5 Å². The van der Waals surface area contributed by atoms with Crippen LogP contribution in [0.3, 0.4) is 0 Å². The summed E-state index contributed by atoms with van der Waals surface area (Å²) in [5.74, 6) is 1.08. The molecule has 11 nitrogen and oxygen atoms in total. The van der Waals surface area contributed by atoms with E-state index in [4.69, 9.17) is 26.1 Å². The molecule has 1 N–H and O–H groups in total. The quantitative estimate of drug-likeness (QED) is 0.223. The average molecular weight is 626 g/mol. The molecule has 0 bridgehead atoms. The Kier molecular flexibility index (Phi) is 6.81. The molecule has 230 valence electrons. The molecule has 0 saturated heterocycles. The van der Waals surface area contributed by atoms with E-state index >= 15 is 0 Å². The highest BCUT2D eigenvalue weighted by molar-refractivity contribution is 6.34. The van der Waals surface area contributed by atoms with E-state index in [0.717, 1.165) is 24.1 Å². The summed E-state index contributed by atoms with van der Waals surface area (Å²) in [7, 11) is 0. The van der Waals surface area contributed by atoms with Gasteiger partial charge in [-0.3, -0.25) is 9.20 Å². The Morgan fingerprint density at radius 2 is 2.02 bits per heavy atom. The lowest BCUT2D eigenvalue weighted by Crippen LogP contribution is -2.44. The fraction of sp³-hybridized carbons (Fsp3) is 0.303. The average Bonchev–Trinajstić information content (AvgIpc) is 3.58. The van der Waals surface area contributed by atoms with Gasteiger partial charge >= 0.3 is 6.09 Å². The smallest absolute Gasteiger partial charge is 0.410 e. The monoisotopic (exact) mass is 625 g/mol. The zero-order valence-corrected chi connectivity index (χ0v) is 26.0. The van der Waals surface area contributed by atoms with Crippen LogP contribution < -0.4 is 15.6 Å². The van der Waals surface area contributed by atoms with Gasteiger partial charge in [0.2, 0.25) is 11.7 Å². The third-order valence-corrected chi connectivity index (χ3v) is 8.46. The zero-order valence-electron chi connectivity index (χ0n) is 25.2. The van der Waals surface area contributed by atoms with Crippen molar-refractivity contribution in [3.05, 3.63) is 94.1 Å². The third kappa shape index (κ3) is 5.16. The molecule has 2 aliphatic rings. The number of anilines is 2. The SMILES string of the molecule is C=CCOc1cccc(-n2c(=O)c3cnc(Nc4ccc5c(c4)CN(C(=O)OC(C)(C)C)CC54CC4)nc3n3ccnc23)c1Cl. The third-order valence-electron chi connectivity index (χ3n) is 8.08. The first-order chi connectivity index (χ1) is 21.6. The van der Waals surface area contributed by atoms with Crippen LogP contribution in [0.2, 0.25) is 5.02 Å². The van der Waals surface area contributed by atoms with Crippen LogP contribution in [0.1, 0.15) is 44.7 Å². The number of hydrogen-bond donors (Lipinski definition) is 1.